The van der Waals surface area contributed by atoms with Crippen molar-refractivity contribution in [3.63, 3.8) is 0 Å². The summed E-state index contributed by atoms with van der Waals surface area (Å²) in [6.45, 7) is 12.1. The second-order valence-electron chi connectivity index (χ2n) is 5.08. The standard InChI is InChI=1S/C15H29N3/c1-5-7-12-18-14(4)15(13(3)17-18)9-8-11-16-10-6-2/h16H,5-12H2,1-4H3. The fourth-order valence-corrected chi connectivity index (χ4v) is 2.31. The Morgan fingerprint density at radius 2 is 1.83 bits per heavy atom. The number of hydrogen-bond donors (Lipinski definition) is 1. The fraction of sp³-hybridized carbons (Fsp3) is 0.800. The second-order valence-corrected chi connectivity index (χ2v) is 5.08. The Hall–Kier alpha value is -0.830. The van der Waals surface area contributed by atoms with E-state index in [9.17, 15) is 0 Å². The van der Waals surface area contributed by atoms with Crippen LogP contribution >= 0.6 is 0 Å². The van der Waals surface area contributed by atoms with Gasteiger partial charge in [-0.1, -0.05) is 20.3 Å². The topological polar surface area (TPSA) is 29.9 Å². The van der Waals surface area contributed by atoms with Gasteiger partial charge >= 0.3 is 0 Å². The molecule has 0 radical (unpaired) electrons. The van der Waals surface area contributed by atoms with Crippen LogP contribution in [0.25, 0.3) is 0 Å². The minimum atomic E-state index is 1.07. The molecule has 0 bridgehead atoms. The summed E-state index contributed by atoms with van der Waals surface area (Å²) in [7, 11) is 0. The summed E-state index contributed by atoms with van der Waals surface area (Å²) in [5.41, 5.74) is 4.06. The van der Waals surface area contributed by atoms with Crippen LogP contribution in [0.3, 0.4) is 0 Å². The zero-order valence-corrected chi connectivity index (χ0v) is 12.6. The quantitative estimate of drug-likeness (QED) is 0.683. The highest BCUT2D eigenvalue weighted by molar-refractivity contribution is 5.24. The normalized spacial score (nSPS) is 11.1. The van der Waals surface area contributed by atoms with Crippen LogP contribution in [-0.2, 0) is 13.0 Å². The molecule has 1 heterocycles. The van der Waals surface area contributed by atoms with Crippen LogP contribution < -0.4 is 5.32 Å². The molecule has 104 valence electrons. The Kier molecular flexibility index (Phi) is 7.02. The summed E-state index contributed by atoms with van der Waals surface area (Å²) in [6, 6.07) is 0. The zero-order chi connectivity index (χ0) is 13.4. The lowest BCUT2D eigenvalue weighted by Gasteiger charge is -2.05. The van der Waals surface area contributed by atoms with Gasteiger partial charge in [-0.25, -0.2) is 0 Å². The largest absolute Gasteiger partial charge is 0.317 e. The summed E-state index contributed by atoms with van der Waals surface area (Å²) < 4.78 is 2.19. The number of aromatic nitrogens is 2. The SMILES string of the molecule is CCCCn1nc(C)c(CCCNCCC)c1C. The van der Waals surface area contributed by atoms with Gasteiger partial charge in [-0.15, -0.1) is 0 Å². The van der Waals surface area contributed by atoms with Crippen molar-refractivity contribution in [3.05, 3.63) is 17.0 Å². The van der Waals surface area contributed by atoms with E-state index in [1.165, 1.54) is 42.6 Å². The zero-order valence-electron chi connectivity index (χ0n) is 12.6. The van der Waals surface area contributed by atoms with Crippen molar-refractivity contribution in [2.75, 3.05) is 13.1 Å². The molecule has 1 N–H and O–H groups in total. The molecular weight excluding hydrogens is 222 g/mol. The van der Waals surface area contributed by atoms with Gasteiger partial charge in [0.1, 0.15) is 0 Å². The van der Waals surface area contributed by atoms with Crippen LogP contribution in [0.15, 0.2) is 0 Å². The number of nitrogens with zero attached hydrogens (tertiary/aromatic N) is 2. The van der Waals surface area contributed by atoms with Crippen LogP contribution in [-0.4, -0.2) is 22.9 Å². The van der Waals surface area contributed by atoms with E-state index in [-0.39, 0.29) is 0 Å². The highest BCUT2D eigenvalue weighted by Crippen LogP contribution is 2.15. The van der Waals surface area contributed by atoms with Gasteiger partial charge in [0.15, 0.2) is 0 Å². The molecule has 0 amide bonds. The Morgan fingerprint density at radius 3 is 2.50 bits per heavy atom. The lowest BCUT2D eigenvalue weighted by Crippen LogP contribution is -2.16. The molecule has 0 aliphatic heterocycles. The maximum atomic E-state index is 4.66. The van der Waals surface area contributed by atoms with Crippen LogP contribution in [0.2, 0.25) is 0 Å². The number of nitrogens with one attached hydrogen (secondary N) is 1. The van der Waals surface area contributed by atoms with E-state index in [2.05, 4.69) is 42.8 Å². The van der Waals surface area contributed by atoms with Gasteiger partial charge in [0, 0.05) is 12.2 Å². The molecule has 0 aromatic carbocycles. The molecule has 0 saturated carbocycles. The van der Waals surface area contributed by atoms with Crippen molar-refractivity contribution in [1.82, 2.24) is 15.1 Å². The van der Waals surface area contributed by atoms with Gasteiger partial charge in [-0.05, 0) is 58.2 Å². The Bertz CT molecular complexity index is 342. The Morgan fingerprint density at radius 1 is 1.06 bits per heavy atom. The summed E-state index contributed by atoms with van der Waals surface area (Å²) in [5, 5.41) is 8.12. The molecule has 18 heavy (non-hydrogen) atoms. The summed E-state index contributed by atoms with van der Waals surface area (Å²) >= 11 is 0. The van der Waals surface area contributed by atoms with E-state index in [0.29, 0.717) is 0 Å². The number of aryl methyl sites for hydroxylation is 2. The van der Waals surface area contributed by atoms with E-state index in [4.69, 9.17) is 0 Å². The molecule has 0 spiro atoms. The van der Waals surface area contributed by atoms with Gasteiger partial charge in [0.25, 0.3) is 0 Å². The van der Waals surface area contributed by atoms with Crippen molar-refractivity contribution < 1.29 is 0 Å². The third-order valence-corrected chi connectivity index (χ3v) is 3.46. The molecule has 1 rings (SSSR count). The average molecular weight is 251 g/mol. The van der Waals surface area contributed by atoms with E-state index in [1.54, 1.807) is 0 Å². The molecule has 0 atom stereocenters. The number of hydrogen-bond acceptors (Lipinski definition) is 2. The van der Waals surface area contributed by atoms with E-state index in [0.717, 1.165) is 26.1 Å². The number of unbranched alkanes of at least 4 members (excludes halogenated alkanes) is 1. The minimum Gasteiger partial charge on any atom is -0.317 e. The molecule has 3 heteroatoms. The average Bonchev–Trinajstić information content (AvgIpc) is 2.63. The predicted octanol–water partition coefficient (Wildman–Crippen LogP) is 3.23. The fourth-order valence-electron chi connectivity index (χ4n) is 2.31. The van der Waals surface area contributed by atoms with Gasteiger partial charge < -0.3 is 5.32 Å². The van der Waals surface area contributed by atoms with Crippen molar-refractivity contribution >= 4 is 0 Å². The maximum Gasteiger partial charge on any atom is 0.0628 e. The van der Waals surface area contributed by atoms with Gasteiger partial charge in [0.2, 0.25) is 0 Å². The summed E-state index contributed by atoms with van der Waals surface area (Å²) in [4.78, 5) is 0. The van der Waals surface area contributed by atoms with Crippen molar-refractivity contribution in [1.29, 1.82) is 0 Å². The molecule has 3 nitrogen and oxygen atoms in total. The van der Waals surface area contributed by atoms with Gasteiger partial charge in [0.05, 0.1) is 5.69 Å². The van der Waals surface area contributed by atoms with Crippen LogP contribution in [0.4, 0.5) is 0 Å². The molecule has 1 aromatic rings. The first-order valence-corrected chi connectivity index (χ1v) is 7.44. The third kappa shape index (κ3) is 4.45. The lowest BCUT2D eigenvalue weighted by molar-refractivity contribution is 0.555. The molecule has 0 saturated heterocycles. The van der Waals surface area contributed by atoms with Gasteiger partial charge in [-0.2, -0.15) is 5.10 Å². The lowest BCUT2D eigenvalue weighted by atomic mass is 10.1. The first-order chi connectivity index (χ1) is 8.70. The highest BCUT2D eigenvalue weighted by atomic mass is 15.3. The first kappa shape index (κ1) is 15.2. The van der Waals surface area contributed by atoms with Crippen molar-refractivity contribution in [2.24, 2.45) is 0 Å². The van der Waals surface area contributed by atoms with E-state index >= 15 is 0 Å². The molecule has 0 unspecified atom stereocenters. The van der Waals surface area contributed by atoms with Crippen LogP contribution in [0, 0.1) is 13.8 Å². The molecular formula is C15H29N3. The Labute approximate surface area is 112 Å². The molecule has 1 aromatic heterocycles. The monoisotopic (exact) mass is 251 g/mol. The number of rotatable bonds is 9. The predicted molar refractivity (Wildman–Crippen MR) is 78.1 cm³/mol. The summed E-state index contributed by atoms with van der Waals surface area (Å²) in [6.07, 6.45) is 6.03. The van der Waals surface area contributed by atoms with Crippen molar-refractivity contribution in [3.8, 4) is 0 Å². The van der Waals surface area contributed by atoms with E-state index < -0.39 is 0 Å². The second kappa shape index (κ2) is 8.30. The first-order valence-electron chi connectivity index (χ1n) is 7.44. The molecule has 0 aliphatic rings. The minimum absolute atomic E-state index is 1.07. The molecule has 0 fully saturated rings. The smallest absolute Gasteiger partial charge is 0.0628 e. The van der Waals surface area contributed by atoms with E-state index in [1.807, 2.05) is 0 Å². The molecule has 0 aliphatic carbocycles. The van der Waals surface area contributed by atoms with Crippen LogP contribution in [0.5, 0.6) is 0 Å². The van der Waals surface area contributed by atoms with Crippen molar-refractivity contribution in [2.45, 2.75) is 66.3 Å². The summed E-state index contributed by atoms with van der Waals surface area (Å²) in [5.74, 6) is 0. The maximum absolute atomic E-state index is 4.66. The third-order valence-electron chi connectivity index (χ3n) is 3.46. The Balaban J connectivity index is 2.46. The van der Waals surface area contributed by atoms with Crippen LogP contribution in [0.1, 0.15) is 56.5 Å². The highest BCUT2D eigenvalue weighted by Gasteiger charge is 2.10. The van der Waals surface area contributed by atoms with Gasteiger partial charge in [-0.3, -0.25) is 4.68 Å².